The maximum Gasteiger partial charge on any atom is 0.325 e. The Kier molecular flexibility index (Phi) is 5.68. The standard InChI is InChI=1S/C16H22N2O4/c1-10(15(21)22)17-14(20)12(16(2,3)4)18-13(19)11-8-6-5-7-9-11/h5-10,12H,1-4H3,(H,17,20)(H,18,19)(H,21,22). The van der Waals surface area contributed by atoms with E-state index in [1.54, 1.807) is 51.1 Å². The molecule has 0 bridgehead atoms. The van der Waals surface area contributed by atoms with E-state index in [-0.39, 0.29) is 5.91 Å². The summed E-state index contributed by atoms with van der Waals surface area (Å²) in [6, 6.07) is 6.67. The lowest BCUT2D eigenvalue weighted by Crippen LogP contribution is -2.56. The smallest absolute Gasteiger partial charge is 0.325 e. The number of nitrogens with one attached hydrogen (secondary N) is 2. The molecule has 2 atom stereocenters. The van der Waals surface area contributed by atoms with Crippen LogP contribution in [0.25, 0.3) is 0 Å². The lowest BCUT2D eigenvalue weighted by Gasteiger charge is -2.31. The van der Waals surface area contributed by atoms with Gasteiger partial charge < -0.3 is 15.7 Å². The van der Waals surface area contributed by atoms with E-state index in [1.807, 2.05) is 0 Å². The molecule has 3 N–H and O–H groups in total. The van der Waals surface area contributed by atoms with Crippen LogP contribution in [0.5, 0.6) is 0 Å². The van der Waals surface area contributed by atoms with Gasteiger partial charge in [-0.05, 0) is 24.5 Å². The summed E-state index contributed by atoms with van der Waals surface area (Å²) < 4.78 is 0. The minimum absolute atomic E-state index is 0.376. The van der Waals surface area contributed by atoms with Crippen molar-refractivity contribution in [3.63, 3.8) is 0 Å². The van der Waals surface area contributed by atoms with Crippen molar-refractivity contribution in [3.8, 4) is 0 Å². The second-order valence-electron chi connectivity index (χ2n) is 6.21. The Hall–Kier alpha value is -2.37. The molecule has 0 aromatic heterocycles. The molecular weight excluding hydrogens is 284 g/mol. The Morgan fingerprint density at radius 1 is 1.05 bits per heavy atom. The topological polar surface area (TPSA) is 95.5 Å². The first-order chi connectivity index (χ1) is 10.1. The van der Waals surface area contributed by atoms with Crippen molar-refractivity contribution in [1.82, 2.24) is 10.6 Å². The molecule has 0 heterocycles. The van der Waals surface area contributed by atoms with Crippen LogP contribution in [0.4, 0.5) is 0 Å². The first-order valence-corrected chi connectivity index (χ1v) is 7.02. The third-order valence-electron chi connectivity index (χ3n) is 3.17. The average Bonchev–Trinajstić information content (AvgIpc) is 2.43. The SMILES string of the molecule is CC(NC(=O)C(NC(=O)c1ccccc1)C(C)(C)C)C(=O)O. The predicted molar refractivity (Wildman–Crippen MR) is 82.4 cm³/mol. The number of carboxylic acids is 1. The summed E-state index contributed by atoms with van der Waals surface area (Å²) in [6.07, 6.45) is 0. The van der Waals surface area contributed by atoms with E-state index in [0.29, 0.717) is 5.56 Å². The summed E-state index contributed by atoms with van der Waals surface area (Å²) in [5.41, 5.74) is -0.122. The fraction of sp³-hybridized carbons (Fsp3) is 0.438. The molecule has 0 saturated heterocycles. The zero-order valence-corrected chi connectivity index (χ0v) is 13.2. The normalized spacial score (nSPS) is 13.8. The fourth-order valence-corrected chi connectivity index (χ4v) is 1.84. The number of rotatable bonds is 5. The van der Waals surface area contributed by atoms with E-state index in [0.717, 1.165) is 0 Å². The van der Waals surface area contributed by atoms with Gasteiger partial charge >= 0.3 is 5.97 Å². The molecule has 0 fully saturated rings. The van der Waals surface area contributed by atoms with Crippen molar-refractivity contribution >= 4 is 17.8 Å². The number of carbonyl (C=O) groups is 3. The summed E-state index contributed by atoms with van der Waals surface area (Å²) in [4.78, 5) is 35.3. The second-order valence-corrected chi connectivity index (χ2v) is 6.21. The van der Waals surface area contributed by atoms with Gasteiger partial charge in [-0.1, -0.05) is 39.0 Å². The zero-order valence-electron chi connectivity index (χ0n) is 13.2. The van der Waals surface area contributed by atoms with Crippen LogP contribution in [0.3, 0.4) is 0 Å². The molecule has 0 aliphatic carbocycles. The van der Waals surface area contributed by atoms with Crippen molar-refractivity contribution in [3.05, 3.63) is 35.9 Å². The van der Waals surface area contributed by atoms with Crippen molar-refractivity contribution in [2.75, 3.05) is 0 Å². The van der Waals surface area contributed by atoms with Crippen LogP contribution >= 0.6 is 0 Å². The van der Waals surface area contributed by atoms with Crippen LogP contribution in [-0.2, 0) is 9.59 Å². The van der Waals surface area contributed by atoms with Crippen LogP contribution in [0, 0.1) is 5.41 Å². The highest BCUT2D eigenvalue weighted by Gasteiger charge is 2.34. The molecule has 2 unspecified atom stereocenters. The molecule has 0 saturated carbocycles. The molecule has 22 heavy (non-hydrogen) atoms. The third-order valence-corrected chi connectivity index (χ3v) is 3.17. The molecule has 0 aliphatic heterocycles. The monoisotopic (exact) mass is 306 g/mol. The van der Waals surface area contributed by atoms with Gasteiger partial charge in [-0.25, -0.2) is 0 Å². The number of hydrogen-bond donors (Lipinski definition) is 3. The number of carbonyl (C=O) groups excluding carboxylic acids is 2. The summed E-state index contributed by atoms with van der Waals surface area (Å²) in [6.45, 7) is 6.77. The van der Waals surface area contributed by atoms with E-state index in [4.69, 9.17) is 5.11 Å². The number of amides is 2. The Labute approximate surface area is 129 Å². The van der Waals surface area contributed by atoms with Gasteiger partial charge in [-0.2, -0.15) is 0 Å². The predicted octanol–water partition coefficient (Wildman–Crippen LogP) is 1.42. The number of carboxylic acid groups (broad SMARTS) is 1. The summed E-state index contributed by atoms with van der Waals surface area (Å²) >= 11 is 0. The van der Waals surface area contributed by atoms with E-state index in [9.17, 15) is 14.4 Å². The first kappa shape index (κ1) is 17.7. The van der Waals surface area contributed by atoms with Gasteiger partial charge in [0, 0.05) is 5.56 Å². The molecule has 0 radical (unpaired) electrons. The highest BCUT2D eigenvalue weighted by Crippen LogP contribution is 2.20. The minimum Gasteiger partial charge on any atom is -0.480 e. The molecule has 1 aromatic carbocycles. The average molecular weight is 306 g/mol. The highest BCUT2D eigenvalue weighted by molar-refractivity contribution is 5.98. The molecule has 2 amide bonds. The minimum atomic E-state index is -1.13. The molecule has 0 aliphatic rings. The molecular formula is C16H22N2O4. The van der Waals surface area contributed by atoms with Gasteiger partial charge in [-0.15, -0.1) is 0 Å². The Balaban J connectivity index is 2.88. The Morgan fingerprint density at radius 3 is 2.05 bits per heavy atom. The van der Waals surface area contributed by atoms with Crippen molar-refractivity contribution in [1.29, 1.82) is 0 Å². The zero-order chi connectivity index (χ0) is 16.9. The van der Waals surface area contributed by atoms with Crippen LogP contribution < -0.4 is 10.6 Å². The largest absolute Gasteiger partial charge is 0.480 e. The highest BCUT2D eigenvalue weighted by atomic mass is 16.4. The Morgan fingerprint density at radius 2 is 1.59 bits per heavy atom. The maximum absolute atomic E-state index is 12.3. The number of benzene rings is 1. The lowest BCUT2D eigenvalue weighted by molar-refractivity contribution is -0.142. The van der Waals surface area contributed by atoms with Crippen LogP contribution in [-0.4, -0.2) is 35.0 Å². The molecule has 1 aromatic rings. The van der Waals surface area contributed by atoms with Crippen molar-refractivity contribution in [2.24, 2.45) is 5.41 Å². The Bertz CT molecular complexity index is 549. The van der Waals surface area contributed by atoms with Crippen molar-refractivity contribution in [2.45, 2.75) is 39.8 Å². The van der Waals surface area contributed by atoms with Gasteiger partial charge in [0.15, 0.2) is 0 Å². The van der Waals surface area contributed by atoms with Gasteiger partial charge in [0.25, 0.3) is 5.91 Å². The lowest BCUT2D eigenvalue weighted by atomic mass is 9.85. The maximum atomic E-state index is 12.3. The van der Waals surface area contributed by atoms with E-state index in [1.165, 1.54) is 6.92 Å². The molecule has 1 rings (SSSR count). The molecule has 6 nitrogen and oxygen atoms in total. The first-order valence-electron chi connectivity index (χ1n) is 7.02. The summed E-state index contributed by atoms with van der Waals surface area (Å²) in [5, 5.41) is 13.9. The van der Waals surface area contributed by atoms with E-state index in [2.05, 4.69) is 10.6 Å². The van der Waals surface area contributed by atoms with Gasteiger partial charge in [0.2, 0.25) is 5.91 Å². The number of aliphatic carboxylic acids is 1. The van der Waals surface area contributed by atoms with Crippen molar-refractivity contribution < 1.29 is 19.5 Å². The van der Waals surface area contributed by atoms with Crippen LogP contribution in [0.1, 0.15) is 38.1 Å². The van der Waals surface area contributed by atoms with Crippen LogP contribution in [0.2, 0.25) is 0 Å². The molecule has 6 heteroatoms. The second kappa shape index (κ2) is 7.06. The molecule has 120 valence electrons. The fourth-order valence-electron chi connectivity index (χ4n) is 1.84. The number of hydrogen-bond acceptors (Lipinski definition) is 3. The van der Waals surface area contributed by atoms with Crippen LogP contribution in [0.15, 0.2) is 30.3 Å². The van der Waals surface area contributed by atoms with E-state index < -0.39 is 29.4 Å². The van der Waals surface area contributed by atoms with E-state index >= 15 is 0 Å². The summed E-state index contributed by atoms with van der Waals surface area (Å²) in [7, 11) is 0. The van der Waals surface area contributed by atoms with Gasteiger partial charge in [0.1, 0.15) is 12.1 Å². The molecule has 0 spiro atoms. The third kappa shape index (κ3) is 4.87. The quantitative estimate of drug-likeness (QED) is 0.766. The van der Waals surface area contributed by atoms with Gasteiger partial charge in [0.05, 0.1) is 0 Å². The van der Waals surface area contributed by atoms with Gasteiger partial charge in [-0.3, -0.25) is 14.4 Å². The summed E-state index contributed by atoms with van der Waals surface area (Å²) in [5.74, 6) is -2.03.